The first-order valence-electron chi connectivity index (χ1n) is 6.71. The lowest BCUT2D eigenvalue weighted by Crippen LogP contribution is -2.02. The van der Waals surface area contributed by atoms with E-state index in [0.29, 0.717) is 17.6 Å². The lowest BCUT2D eigenvalue weighted by Gasteiger charge is -2.06. The number of aromatic nitrogens is 6. The number of hydrogen-bond acceptors (Lipinski definition) is 7. The monoisotopic (exact) mass is 392 g/mol. The fourth-order valence-electron chi connectivity index (χ4n) is 1.93. The molecule has 0 aliphatic heterocycles. The van der Waals surface area contributed by atoms with Crippen molar-refractivity contribution in [3.63, 3.8) is 0 Å². The molecule has 118 valence electrons. The molecule has 0 bridgehead atoms. The fourth-order valence-corrected chi connectivity index (χ4v) is 3.06. The van der Waals surface area contributed by atoms with Crippen molar-refractivity contribution in [2.24, 2.45) is 0 Å². The lowest BCUT2D eigenvalue weighted by molar-refractivity contribution is 0.177. The molecule has 0 atom stereocenters. The fraction of sp³-hybridized carbons (Fsp3) is 0.214. The second-order valence-corrected chi connectivity index (χ2v) is 6.55. The van der Waals surface area contributed by atoms with Crippen LogP contribution in [0.15, 0.2) is 45.0 Å². The van der Waals surface area contributed by atoms with Crippen molar-refractivity contribution in [2.45, 2.75) is 23.7 Å². The van der Waals surface area contributed by atoms with Gasteiger partial charge >= 0.3 is 0 Å². The quantitative estimate of drug-likeness (QED) is 0.617. The van der Waals surface area contributed by atoms with Gasteiger partial charge in [-0.1, -0.05) is 15.9 Å². The molecule has 0 saturated heterocycles. The first-order valence-corrected chi connectivity index (χ1v) is 8.32. The molecular weight excluding hydrogens is 380 g/mol. The number of aryl methyl sites for hydroxylation is 1. The van der Waals surface area contributed by atoms with E-state index in [-0.39, 0.29) is 0 Å². The Kier molecular flexibility index (Phi) is 4.99. The van der Waals surface area contributed by atoms with Crippen LogP contribution < -0.4 is 0 Å². The molecule has 0 amide bonds. The van der Waals surface area contributed by atoms with Crippen molar-refractivity contribution >= 4 is 27.7 Å². The number of rotatable bonds is 5. The Labute approximate surface area is 145 Å². The summed E-state index contributed by atoms with van der Waals surface area (Å²) in [5, 5.41) is 13.3. The van der Waals surface area contributed by atoms with Crippen LogP contribution in [-0.4, -0.2) is 37.3 Å². The van der Waals surface area contributed by atoms with E-state index < -0.39 is 0 Å². The summed E-state index contributed by atoms with van der Waals surface area (Å²) in [5.74, 6) is 0.637. The normalized spacial score (nSPS) is 10.9. The summed E-state index contributed by atoms with van der Waals surface area (Å²) in [5.41, 5.74) is 1.75. The summed E-state index contributed by atoms with van der Waals surface area (Å²) in [6.07, 6.45) is 0. The molecule has 7 nitrogen and oxygen atoms in total. The number of nitrogens with zero attached hydrogens (tertiary/aromatic N) is 6. The molecule has 23 heavy (non-hydrogen) atoms. The summed E-state index contributed by atoms with van der Waals surface area (Å²) >= 11 is 4.80. The number of ether oxygens (including phenoxy) is 1. The van der Waals surface area contributed by atoms with E-state index in [2.05, 4.69) is 41.4 Å². The standard InChI is InChI=1S/C14H13BrN6OS/c1-9-7-13(17-12(16-9)8-22-2)23-14-18-19-20-21(14)11-5-3-10(15)4-6-11/h3-7H,8H2,1-2H3. The Morgan fingerprint density at radius 2 is 2.00 bits per heavy atom. The average molecular weight is 393 g/mol. The highest BCUT2D eigenvalue weighted by molar-refractivity contribution is 9.10. The van der Waals surface area contributed by atoms with E-state index in [0.717, 1.165) is 20.9 Å². The largest absolute Gasteiger partial charge is 0.377 e. The molecule has 3 aromatic rings. The van der Waals surface area contributed by atoms with Crippen molar-refractivity contribution in [3.05, 3.63) is 46.3 Å². The molecule has 0 N–H and O–H groups in total. The Morgan fingerprint density at radius 3 is 2.74 bits per heavy atom. The van der Waals surface area contributed by atoms with E-state index in [1.54, 1.807) is 11.8 Å². The van der Waals surface area contributed by atoms with Gasteiger partial charge in [-0.05, 0) is 59.4 Å². The van der Waals surface area contributed by atoms with Crippen LogP contribution in [0, 0.1) is 6.92 Å². The van der Waals surface area contributed by atoms with E-state index in [1.807, 2.05) is 37.3 Å². The SMILES string of the molecule is COCc1nc(C)cc(Sc2nnnn2-c2ccc(Br)cc2)n1. The number of tetrazole rings is 1. The number of hydrogen-bond donors (Lipinski definition) is 0. The third-order valence-corrected chi connectivity index (χ3v) is 4.24. The zero-order valence-corrected chi connectivity index (χ0v) is 14.9. The van der Waals surface area contributed by atoms with Crippen molar-refractivity contribution in [1.82, 2.24) is 30.2 Å². The highest BCUT2D eigenvalue weighted by Crippen LogP contribution is 2.26. The van der Waals surface area contributed by atoms with Gasteiger partial charge in [-0.2, -0.15) is 4.68 Å². The number of benzene rings is 1. The van der Waals surface area contributed by atoms with Crippen LogP contribution in [0.2, 0.25) is 0 Å². The smallest absolute Gasteiger partial charge is 0.220 e. The first-order chi connectivity index (χ1) is 11.2. The summed E-state index contributed by atoms with van der Waals surface area (Å²) in [4.78, 5) is 8.79. The van der Waals surface area contributed by atoms with Gasteiger partial charge in [0.25, 0.3) is 0 Å². The molecule has 9 heteroatoms. The van der Waals surface area contributed by atoms with Crippen molar-refractivity contribution in [1.29, 1.82) is 0 Å². The van der Waals surface area contributed by atoms with Gasteiger partial charge in [0.05, 0.1) is 5.69 Å². The molecule has 0 fully saturated rings. The second-order valence-electron chi connectivity index (χ2n) is 4.65. The average Bonchev–Trinajstić information content (AvgIpc) is 2.96. The van der Waals surface area contributed by atoms with E-state index in [9.17, 15) is 0 Å². The molecule has 1 aromatic carbocycles. The third kappa shape index (κ3) is 3.92. The highest BCUT2D eigenvalue weighted by Gasteiger charge is 2.12. The predicted octanol–water partition coefficient (Wildman–Crippen LogP) is 2.82. The summed E-state index contributed by atoms with van der Waals surface area (Å²) in [6.45, 7) is 2.29. The van der Waals surface area contributed by atoms with Crippen molar-refractivity contribution < 1.29 is 4.74 Å². The molecule has 0 unspecified atom stereocenters. The van der Waals surface area contributed by atoms with Crippen LogP contribution in [0.4, 0.5) is 0 Å². The maximum absolute atomic E-state index is 5.09. The van der Waals surface area contributed by atoms with Gasteiger partial charge in [-0.25, -0.2) is 9.97 Å². The van der Waals surface area contributed by atoms with Gasteiger partial charge in [0.2, 0.25) is 5.16 Å². The molecule has 2 heterocycles. The van der Waals surface area contributed by atoms with Gasteiger partial charge in [-0.15, -0.1) is 5.10 Å². The molecule has 0 radical (unpaired) electrons. The molecule has 0 aliphatic carbocycles. The Balaban J connectivity index is 1.90. The highest BCUT2D eigenvalue weighted by atomic mass is 79.9. The van der Waals surface area contributed by atoms with Gasteiger partial charge in [0.1, 0.15) is 11.6 Å². The number of methoxy groups -OCH3 is 1. The zero-order chi connectivity index (χ0) is 16.2. The Bertz CT molecular complexity index is 807. The minimum Gasteiger partial charge on any atom is -0.377 e. The topological polar surface area (TPSA) is 78.6 Å². The summed E-state index contributed by atoms with van der Waals surface area (Å²) < 4.78 is 7.76. The van der Waals surface area contributed by atoms with Crippen LogP contribution in [0.1, 0.15) is 11.5 Å². The molecule has 0 aliphatic rings. The van der Waals surface area contributed by atoms with Crippen molar-refractivity contribution in [3.8, 4) is 5.69 Å². The van der Waals surface area contributed by atoms with Crippen LogP contribution in [-0.2, 0) is 11.3 Å². The van der Waals surface area contributed by atoms with Gasteiger partial charge < -0.3 is 4.74 Å². The zero-order valence-electron chi connectivity index (χ0n) is 12.5. The Morgan fingerprint density at radius 1 is 1.22 bits per heavy atom. The van der Waals surface area contributed by atoms with Crippen LogP contribution in [0.5, 0.6) is 0 Å². The van der Waals surface area contributed by atoms with Crippen LogP contribution in [0.3, 0.4) is 0 Å². The minimum absolute atomic E-state index is 0.368. The number of halogens is 1. The maximum atomic E-state index is 5.09. The third-order valence-electron chi connectivity index (χ3n) is 2.86. The molecule has 2 aromatic heterocycles. The van der Waals surface area contributed by atoms with Gasteiger partial charge in [0.15, 0.2) is 5.82 Å². The van der Waals surface area contributed by atoms with Crippen molar-refractivity contribution in [2.75, 3.05) is 7.11 Å². The minimum atomic E-state index is 0.368. The second kappa shape index (κ2) is 7.16. The van der Waals surface area contributed by atoms with E-state index in [1.165, 1.54) is 11.8 Å². The van der Waals surface area contributed by atoms with Crippen LogP contribution in [0.25, 0.3) is 5.69 Å². The van der Waals surface area contributed by atoms with E-state index in [4.69, 9.17) is 4.74 Å². The first kappa shape index (κ1) is 16.0. The van der Waals surface area contributed by atoms with Gasteiger partial charge in [0, 0.05) is 17.3 Å². The lowest BCUT2D eigenvalue weighted by atomic mass is 10.3. The molecule has 0 saturated carbocycles. The van der Waals surface area contributed by atoms with Gasteiger partial charge in [-0.3, -0.25) is 0 Å². The molecule has 3 rings (SSSR count). The Hall–Kier alpha value is -1.84. The van der Waals surface area contributed by atoms with E-state index >= 15 is 0 Å². The maximum Gasteiger partial charge on any atom is 0.220 e. The molecular formula is C14H13BrN6OS. The molecule has 0 spiro atoms. The summed E-state index contributed by atoms with van der Waals surface area (Å²) in [6, 6.07) is 9.65. The predicted molar refractivity (Wildman–Crippen MR) is 88.5 cm³/mol. The summed E-state index contributed by atoms with van der Waals surface area (Å²) in [7, 11) is 1.62. The van der Waals surface area contributed by atoms with Crippen LogP contribution >= 0.6 is 27.7 Å².